The van der Waals surface area contributed by atoms with Crippen molar-refractivity contribution in [2.75, 3.05) is 26.2 Å². The summed E-state index contributed by atoms with van der Waals surface area (Å²) in [6.45, 7) is 6.03. The zero-order valence-electron chi connectivity index (χ0n) is 34.0. The first kappa shape index (κ1) is 42.3. The fourth-order valence-electron chi connectivity index (χ4n) is 8.72. The molecule has 312 valence electrons. The summed E-state index contributed by atoms with van der Waals surface area (Å²) in [5.74, 6) is -3.75. The van der Waals surface area contributed by atoms with Crippen LogP contribution in [0.3, 0.4) is 0 Å². The number of amides is 6. The number of allylic oxidation sites excluding steroid dienone is 1. The average molecular weight is 799 g/mol. The van der Waals surface area contributed by atoms with E-state index in [2.05, 4.69) is 22.9 Å². The minimum absolute atomic E-state index is 0.0405. The van der Waals surface area contributed by atoms with Crippen molar-refractivity contribution in [1.29, 1.82) is 0 Å². The number of esters is 1. The highest BCUT2D eigenvalue weighted by molar-refractivity contribution is 5.98. The van der Waals surface area contributed by atoms with Gasteiger partial charge in [-0.2, -0.15) is 0 Å². The lowest BCUT2D eigenvalue weighted by Gasteiger charge is -2.39. The third kappa shape index (κ3) is 9.87. The van der Waals surface area contributed by atoms with Crippen LogP contribution in [0, 0.1) is 5.92 Å². The van der Waals surface area contributed by atoms with Crippen molar-refractivity contribution in [3.63, 3.8) is 0 Å². The zero-order chi connectivity index (χ0) is 41.3. The topological polar surface area (TPSA) is 175 Å². The number of hydrogen-bond acceptors (Lipinski definition) is 8. The molecule has 0 bridgehead atoms. The van der Waals surface area contributed by atoms with Crippen LogP contribution in [0.4, 0.5) is 0 Å². The van der Waals surface area contributed by atoms with Crippen molar-refractivity contribution in [1.82, 2.24) is 30.7 Å². The quantitative estimate of drug-likeness (QED) is 0.187. The molecule has 3 N–H and O–H groups in total. The second kappa shape index (κ2) is 19.5. The number of carbonyl (C=O) groups is 7. The van der Waals surface area contributed by atoms with E-state index in [0.29, 0.717) is 45.1 Å². The molecule has 0 aromatic heterocycles. The van der Waals surface area contributed by atoms with Gasteiger partial charge in [-0.15, -0.1) is 0 Å². The summed E-state index contributed by atoms with van der Waals surface area (Å²) in [6, 6.07) is 7.45. The molecular weight excluding hydrogens is 741 g/mol. The Morgan fingerprint density at radius 1 is 0.879 bits per heavy atom. The highest BCUT2D eigenvalue weighted by atomic mass is 16.5. The summed E-state index contributed by atoms with van der Waals surface area (Å²) in [7, 11) is 0. The summed E-state index contributed by atoms with van der Waals surface area (Å²) in [5, 5.41) is 10.5. The molecule has 4 aliphatic heterocycles. The van der Waals surface area contributed by atoms with Crippen LogP contribution in [0.2, 0.25) is 0 Å². The number of piperidine rings is 1. The third-order valence-corrected chi connectivity index (χ3v) is 11.9. The molecule has 4 saturated heterocycles. The highest BCUT2D eigenvalue weighted by Crippen LogP contribution is 2.28. The van der Waals surface area contributed by atoms with E-state index in [4.69, 9.17) is 4.74 Å². The summed E-state index contributed by atoms with van der Waals surface area (Å²) in [6.07, 6.45) is 9.13. The second-order valence-electron chi connectivity index (χ2n) is 16.2. The first-order chi connectivity index (χ1) is 28.0. The van der Waals surface area contributed by atoms with Gasteiger partial charge in [-0.25, -0.2) is 4.79 Å². The van der Waals surface area contributed by atoms with Gasteiger partial charge in [0.15, 0.2) is 0 Å². The van der Waals surface area contributed by atoms with Crippen molar-refractivity contribution >= 4 is 52.2 Å². The Bertz CT molecular complexity index is 1900. The molecule has 58 heavy (non-hydrogen) atoms. The maximum Gasteiger partial charge on any atom is 0.328 e. The Hall–Kier alpha value is -5.27. The van der Waals surface area contributed by atoms with Crippen LogP contribution in [0.1, 0.15) is 90.5 Å². The van der Waals surface area contributed by atoms with Crippen molar-refractivity contribution < 1.29 is 38.3 Å². The van der Waals surface area contributed by atoms with E-state index in [1.165, 1.54) is 20.8 Å². The van der Waals surface area contributed by atoms with Crippen molar-refractivity contribution in [2.45, 2.75) is 128 Å². The van der Waals surface area contributed by atoms with Crippen LogP contribution < -0.4 is 16.0 Å². The molecule has 4 aliphatic rings. The van der Waals surface area contributed by atoms with Gasteiger partial charge in [0.25, 0.3) is 0 Å². The Labute approximate surface area is 340 Å². The first-order valence-electron chi connectivity index (χ1n) is 21.1. The lowest BCUT2D eigenvalue weighted by molar-refractivity contribution is -0.158. The minimum Gasteiger partial charge on any atom is -0.461 e. The molecule has 14 nitrogen and oxygen atoms in total. The van der Waals surface area contributed by atoms with E-state index >= 15 is 0 Å². The van der Waals surface area contributed by atoms with Crippen molar-refractivity contribution in [3.05, 3.63) is 60.2 Å². The predicted octanol–water partition coefficient (Wildman–Crippen LogP) is 3.16. The van der Waals surface area contributed by atoms with Crippen molar-refractivity contribution in [2.24, 2.45) is 5.92 Å². The van der Waals surface area contributed by atoms with Gasteiger partial charge in [0.2, 0.25) is 35.4 Å². The SMILES string of the molecule is CCCC/C=C/C(=O)N[C@@H](Cc1ccc2ccccc2c1)C(=O)N[C@H]1COC(=O)[C@@H]2C[C@@H](C)CN2C(=O)[C@H](CC)NC(=O)[C@@H]2CCCCN2C(=O)[C@@H]2CCCN2C1=O. The maximum atomic E-state index is 14.6. The smallest absolute Gasteiger partial charge is 0.328 e. The molecule has 4 fully saturated rings. The molecule has 0 unspecified atom stereocenters. The molecule has 4 heterocycles. The van der Waals surface area contributed by atoms with Gasteiger partial charge in [-0.3, -0.25) is 28.8 Å². The predicted molar refractivity (Wildman–Crippen MR) is 217 cm³/mol. The lowest BCUT2D eigenvalue weighted by Crippen LogP contribution is -2.62. The number of hydrogen-bond donors (Lipinski definition) is 3. The van der Waals surface area contributed by atoms with Crippen LogP contribution in [0.15, 0.2) is 54.6 Å². The summed E-state index contributed by atoms with van der Waals surface area (Å²) < 4.78 is 5.82. The van der Waals surface area contributed by atoms with E-state index in [1.54, 1.807) is 13.0 Å². The Kier molecular flexibility index (Phi) is 14.2. The van der Waals surface area contributed by atoms with Crippen LogP contribution in [-0.2, 0) is 44.7 Å². The molecular formula is C44H58N6O8. The van der Waals surface area contributed by atoms with Crippen LogP contribution in [0.25, 0.3) is 10.8 Å². The molecule has 6 rings (SSSR count). The molecule has 0 aliphatic carbocycles. The molecule has 14 heteroatoms. The minimum atomic E-state index is -1.42. The Balaban J connectivity index is 1.32. The second-order valence-corrected chi connectivity index (χ2v) is 16.2. The summed E-state index contributed by atoms with van der Waals surface area (Å²) >= 11 is 0. The number of unbranched alkanes of at least 4 members (excludes halogenated alkanes) is 2. The summed E-state index contributed by atoms with van der Waals surface area (Å²) in [5.41, 5.74) is 0.778. The Morgan fingerprint density at radius 2 is 1.62 bits per heavy atom. The van der Waals surface area contributed by atoms with E-state index < -0.39 is 78.4 Å². The number of benzene rings is 2. The van der Waals surface area contributed by atoms with E-state index in [0.717, 1.165) is 35.6 Å². The fourth-order valence-corrected chi connectivity index (χ4v) is 8.72. The van der Waals surface area contributed by atoms with Gasteiger partial charge in [-0.1, -0.05) is 82.2 Å². The molecule has 7 atom stereocenters. The van der Waals surface area contributed by atoms with Crippen molar-refractivity contribution in [3.8, 4) is 0 Å². The zero-order valence-corrected chi connectivity index (χ0v) is 34.0. The van der Waals surface area contributed by atoms with Crippen LogP contribution in [0.5, 0.6) is 0 Å². The van der Waals surface area contributed by atoms with Gasteiger partial charge < -0.3 is 35.4 Å². The van der Waals surface area contributed by atoms with Gasteiger partial charge in [0.05, 0.1) is 0 Å². The number of fused-ring (bicyclic) bond motifs is 4. The number of nitrogens with one attached hydrogen (secondary N) is 3. The molecule has 0 spiro atoms. The number of rotatable bonds is 10. The first-order valence-corrected chi connectivity index (χ1v) is 21.1. The number of ether oxygens (including phenoxy) is 1. The van der Waals surface area contributed by atoms with E-state index in [-0.39, 0.29) is 37.8 Å². The van der Waals surface area contributed by atoms with Crippen LogP contribution >= 0.6 is 0 Å². The van der Waals surface area contributed by atoms with Gasteiger partial charge >= 0.3 is 5.97 Å². The monoisotopic (exact) mass is 798 g/mol. The number of cyclic esters (lactones) is 1. The maximum absolute atomic E-state index is 14.6. The standard InChI is InChI=1S/C44H58N6O8/c1-4-6-7-8-18-38(51)45-33(25-29-19-20-30-14-9-10-15-31(30)24-29)39(52)47-34-27-58-44(57)37-23-28(3)26-50(37)41(54)32(5-2)46-40(53)35-16-11-12-21-48(35)43(56)36-17-13-22-49(36)42(34)55/h8-10,14-15,18-20,24,28,32-37H,4-7,11-13,16-17,21-23,25-27H2,1-3H3,(H,45,51)(H,46,53)(H,47,52)/b18-8+/t28-,32+,33+,34+,35+,36+,37+/m1/s1. The molecule has 2 aromatic rings. The summed E-state index contributed by atoms with van der Waals surface area (Å²) in [4.78, 5) is 103. The van der Waals surface area contributed by atoms with E-state index in [1.807, 2.05) is 49.4 Å². The van der Waals surface area contributed by atoms with E-state index in [9.17, 15) is 33.6 Å². The Morgan fingerprint density at radius 3 is 2.40 bits per heavy atom. The lowest BCUT2D eigenvalue weighted by atomic mass is 9.98. The normalized spacial score (nSPS) is 26.5. The number of carbonyl (C=O) groups excluding carboxylic acids is 7. The average Bonchev–Trinajstić information content (AvgIpc) is 3.89. The van der Waals surface area contributed by atoms with Crippen LogP contribution in [-0.4, -0.2) is 119 Å². The van der Waals surface area contributed by atoms with Gasteiger partial charge in [0, 0.05) is 26.1 Å². The van der Waals surface area contributed by atoms with Gasteiger partial charge in [0.1, 0.15) is 42.9 Å². The largest absolute Gasteiger partial charge is 0.461 e. The molecule has 0 radical (unpaired) electrons. The highest BCUT2D eigenvalue weighted by Gasteiger charge is 2.46. The molecule has 0 saturated carbocycles. The fraction of sp³-hybridized carbons (Fsp3) is 0.568. The van der Waals surface area contributed by atoms with Gasteiger partial charge in [-0.05, 0) is 79.7 Å². The molecule has 2 aromatic carbocycles. The molecule has 6 amide bonds. The third-order valence-electron chi connectivity index (χ3n) is 11.9. The number of nitrogens with zero attached hydrogens (tertiary/aromatic N) is 3.